The van der Waals surface area contributed by atoms with Crippen LogP contribution in [0.25, 0.3) is 0 Å². The van der Waals surface area contributed by atoms with Gasteiger partial charge in [0.2, 0.25) is 5.91 Å². The number of rotatable bonds is 2. The molecule has 0 spiro atoms. The van der Waals surface area contributed by atoms with Crippen LogP contribution < -0.4 is 10.6 Å². The van der Waals surface area contributed by atoms with Gasteiger partial charge in [-0.15, -0.1) is 11.8 Å². The van der Waals surface area contributed by atoms with E-state index >= 15 is 0 Å². The van der Waals surface area contributed by atoms with Gasteiger partial charge in [0, 0.05) is 17.2 Å². The summed E-state index contributed by atoms with van der Waals surface area (Å²) in [6.45, 7) is 2.17. The van der Waals surface area contributed by atoms with Crippen molar-refractivity contribution in [1.82, 2.24) is 10.6 Å². The van der Waals surface area contributed by atoms with Crippen LogP contribution in [-0.2, 0) is 4.79 Å². The molecule has 2 fully saturated rings. The Kier molecular flexibility index (Phi) is 3.02. The minimum atomic E-state index is 0.0393. The molecular weight excluding hydrogens is 196 g/mol. The molecule has 14 heavy (non-hydrogen) atoms. The first-order valence-corrected chi connectivity index (χ1v) is 6.48. The Bertz CT molecular complexity index is 220. The summed E-state index contributed by atoms with van der Waals surface area (Å²) in [6, 6.07) is 0.0393. The van der Waals surface area contributed by atoms with Gasteiger partial charge >= 0.3 is 0 Å². The Morgan fingerprint density at radius 2 is 2.21 bits per heavy atom. The van der Waals surface area contributed by atoms with Gasteiger partial charge in [0.25, 0.3) is 0 Å². The van der Waals surface area contributed by atoms with Crippen molar-refractivity contribution in [3.8, 4) is 0 Å². The molecular formula is C10H18N2OS. The number of amides is 1. The quantitative estimate of drug-likeness (QED) is 0.723. The molecule has 1 unspecified atom stereocenters. The molecule has 3 nitrogen and oxygen atoms in total. The highest BCUT2D eigenvalue weighted by molar-refractivity contribution is 7.99. The molecule has 0 bridgehead atoms. The molecule has 2 aliphatic rings. The Morgan fingerprint density at radius 1 is 1.50 bits per heavy atom. The summed E-state index contributed by atoms with van der Waals surface area (Å²) in [5.41, 5.74) is 0.0754. The number of hydrogen-bond donors (Lipinski definition) is 2. The van der Waals surface area contributed by atoms with E-state index in [9.17, 15) is 4.79 Å². The Hall–Kier alpha value is -0.220. The van der Waals surface area contributed by atoms with Gasteiger partial charge in [0.15, 0.2) is 0 Å². The lowest BCUT2D eigenvalue weighted by molar-refractivity contribution is -0.124. The Balaban J connectivity index is 1.86. The van der Waals surface area contributed by atoms with E-state index in [1.807, 2.05) is 0 Å². The van der Waals surface area contributed by atoms with Crippen molar-refractivity contribution in [2.24, 2.45) is 0 Å². The van der Waals surface area contributed by atoms with Crippen LogP contribution in [0.2, 0.25) is 0 Å². The fourth-order valence-corrected chi connectivity index (χ4v) is 3.17. The first-order valence-electron chi connectivity index (χ1n) is 5.33. The number of carbonyl (C=O) groups is 1. The van der Waals surface area contributed by atoms with E-state index in [-0.39, 0.29) is 17.5 Å². The molecule has 1 saturated heterocycles. The van der Waals surface area contributed by atoms with Crippen molar-refractivity contribution >= 4 is 17.7 Å². The summed E-state index contributed by atoms with van der Waals surface area (Å²) < 4.78 is 0. The molecule has 1 amide bonds. The zero-order chi connectivity index (χ0) is 10.0. The predicted molar refractivity (Wildman–Crippen MR) is 59.3 cm³/mol. The van der Waals surface area contributed by atoms with Gasteiger partial charge in [-0.25, -0.2) is 0 Å². The SMILES string of the molecule is CC1(NC(=O)C2CSCN2)CCCC1. The maximum Gasteiger partial charge on any atom is 0.238 e. The molecule has 0 aromatic carbocycles. The molecule has 1 aliphatic heterocycles. The Labute approximate surface area is 89.4 Å². The molecule has 0 aromatic heterocycles. The molecule has 2 rings (SSSR count). The second-order valence-electron chi connectivity index (χ2n) is 4.53. The molecule has 1 heterocycles. The summed E-state index contributed by atoms with van der Waals surface area (Å²) in [5, 5.41) is 6.38. The van der Waals surface area contributed by atoms with Crippen molar-refractivity contribution in [3.05, 3.63) is 0 Å². The fraction of sp³-hybridized carbons (Fsp3) is 0.900. The van der Waals surface area contributed by atoms with Crippen LogP contribution in [0.1, 0.15) is 32.6 Å². The molecule has 1 saturated carbocycles. The van der Waals surface area contributed by atoms with E-state index in [1.54, 1.807) is 11.8 Å². The zero-order valence-corrected chi connectivity index (χ0v) is 9.45. The highest BCUT2D eigenvalue weighted by Gasteiger charge is 2.33. The summed E-state index contributed by atoms with van der Waals surface area (Å²) in [7, 11) is 0. The van der Waals surface area contributed by atoms with Crippen LogP contribution in [0.5, 0.6) is 0 Å². The molecule has 1 atom stereocenters. The van der Waals surface area contributed by atoms with Gasteiger partial charge in [-0.1, -0.05) is 12.8 Å². The van der Waals surface area contributed by atoms with Gasteiger partial charge in [-0.3, -0.25) is 10.1 Å². The number of nitrogens with one attached hydrogen (secondary N) is 2. The molecule has 4 heteroatoms. The third-order valence-electron chi connectivity index (χ3n) is 3.16. The predicted octanol–water partition coefficient (Wildman–Crippen LogP) is 1.10. The highest BCUT2D eigenvalue weighted by atomic mass is 32.2. The van der Waals surface area contributed by atoms with E-state index in [0.29, 0.717) is 0 Å². The zero-order valence-electron chi connectivity index (χ0n) is 8.64. The van der Waals surface area contributed by atoms with Crippen LogP contribution in [0.3, 0.4) is 0 Å². The fourth-order valence-electron chi connectivity index (χ4n) is 2.23. The van der Waals surface area contributed by atoms with Crippen molar-refractivity contribution < 1.29 is 4.79 Å². The van der Waals surface area contributed by atoms with Crippen LogP contribution in [0, 0.1) is 0 Å². The minimum Gasteiger partial charge on any atom is -0.350 e. The first kappa shape index (κ1) is 10.3. The van der Waals surface area contributed by atoms with E-state index < -0.39 is 0 Å². The first-order chi connectivity index (χ1) is 6.70. The third kappa shape index (κ3) is 2.23. The van der Waals surface area contributed by atoms with Crippen molar-refractivity contribution in [3.63, 3.8) is 0 Å². The molecule has 80 valence electrons. The lowest BCUT2D eigenvalue weighted by Gasteiger charge is -2.26. The van der Waals surface area contributed by atoms with Crippen molar-refractivity contribution in [1.29, 1.82) is 0 Å². The maximum absolute atomic E-state index is 11.8. The average Bonchev–Trinajstić information content (AvgIpc) is 2.74. The van der Waals surface area contributed by atoms with Crippen LogP contribution in [0.4, 0.5) is 0 Å². The van der Waals surface area contributed by atoms with Crippen molar-refractivity contribution in [2.75, 3.05) is 11.6 Å². The Morgan fingerprint density at radius 3 is 2.79 bits per heavy atom. The van der Waals surface area contributed by atoms with Gasteiger partial charge in [0.05, 0.1) is 6.04 Å². The van der Waals surface area contributed by atoms with Gasteiger partial charge in [-0.05, 0) is 19.8 Å². The maximum atomic E-state index is 11.8. The van der Waals surface area contributed by atoms with Gasteiger partial charge in [-0.2, -0.15) is 0 Å². The number of thioether (sulfide) groups is 1. The van der Waals surface area contributed by atoms with E-state index in [4.69, 9.17) is 0 Å². The van der Waals surface area contributed by atoms with Crippen LogP contribution in [0.15, 0.2) is 0 Å². The smallest absolute Gasteiger partial charge is 0.238 e. The molecule has 0 aromatic rings. The largest absolute Gasteiger partial charge is 0.350 e. The van der Waals surface area contributed by atoms with Crippen molar-refractivity contribution in [2.45, 2.75) is 44.2 Å². The normalized spacial score (nSPS) is 30.5. The highest BCUT2D eigenvalue weighted by Crippen LogP contribution is 2.29. The minimum absolute atomic E-state index is 0.0393. The third-order valence-corrected chi connectivity index (χ3v) is 4.10. The number of hydrogen-bond acceptors (Lipinski definition) is 3. The lowest BCUT2D eigenvalue weighted by Crippen LogP contribution is -2.51. The summed E-state index contributed by atoms with van der Waals surface area (Å²) in [4.78, 5) is 11.8. The molecule has 0 radical (unpaired) electrons. The average molecular weight is 214 g/mol. The molecule has 2 N–H and O–H groups in total. The topological polar surface area (TPSA) is 41.1 Å². The summed E-state index contributed by atoms with van der Waals surface area (Å²) in [6.07, 6.45) is 4.78. The van der Waals surface area contributed by atoms with Gasteiger partial charge in [0.1, 0.15) is 0 Å². The standard InChI is InChI=1S/C10H18N2OS/c1-10(4-2-3-5-10)12-9(13)8-6-14-7-11-8/h8,11H,2-7H2,1H3,(H,12,13). The van der Waals surface area contributed by atoms with Crippen LogP contribution in [-0.4, -0.2) is 29.1 Å². The molecule has 1 aliphatic carbocycles. The second-order valence-corrected chi connectivity index (χ2v) is 5.56. The second kappa shape index (κ2) is 4.11. The summed E-state index contributed by atoms with van der Waals surface area (Å²) in [5.74, 6) is 2.02. The van der Waals surface area contributed by atoms with Crippen LogP contribution >= 0.6 is 11.8 Å². The monoisotopic (exact) mass is 214 g/mol. The number of carbonyl (C=O) groups excluding carboxylic acids is 1. The van der Waals surface area contributed by atoms with E-state index in [1.165, 1.54) is 12.8 Å². The van der Waals surface area contributed by atoms with E-state index in [0.717, 1.165) is 24.5 Å². The summed E-state index contributed by atoms with van der Waals surface area (Å²) >= 11 is 1.80. The lowest BCUT2D eigenvalue weighted by atomic mass is 10.0. The van der Waals surface area contributed by atoms with Gasteiger partial charge < -0.3 is 5.32 Å². The van der Waals surface area contributed by atoms with E-state index in [2.05, 4.69) is 17.6 Å².